The fourth-order valence-electron chi connectivity index (χ4n) is 0.795. The largest absolute Gasteiger partial charge is 0.494 e. The maximum absolute atomic E-state index is 12.7. The van der Waals surface area contributed by atoms with Crippen molar-refractivity contribution in [3.05, 3.63) is 23.8 Å². The van der Waals surface area contributed by atoms with Gasteiger partial charge in [-0.2, -0.15) is 5.26 Å². The van der Waals surface area contributed by atoms with Gasteiger partial charge in [0.15, 0.2) is 11.6 Å². The highest BCUT2D eigenvalue weighted by Gasteiger charge is 2.03. The minimum absolute atomic E-state index is 0.121. The average molecular weight is 166 g/mol. The second-order valence-corrected chi connectivity index (χ2v) is 2.15. The van der Waals surface area contributed by atoms with Gasteiger partial charge in [-0.25, -0.2) is 4.39 Å². The van der Waals surface area contributed by atoms with E-state index < -0.39 is 5.82 Å². The van der Waals surface area contributed by atoms with E-state index in [0.29, 0.717) is 5.69 Å². The number of hydrogen-bond donors (Lipinski definition) is 0. The van der Waals surface area contributed by atoms with E-state index in [2.05, 4.69) is 4.98 Å². The molecule has 0 spiro atoms. The molecule has 0 aliphatic heterocycles. The Morgan fingerprint density at radius 3 is 3.08 bits per heavy atom. The molecule has 0 radical (unpaired) electrons. The molecule has 0 saturated carbocycles. The third-order valence-electron chi connectivity index (χ3n) is 1.36. The SMILES string of the molecule is COc1cc(CC#N)ncc1F. The van der Waals surface area contributed by atoms with Crippen LogP contribution in [-0.4, -0.2) is 12.1 Å². The fraction of sp³-hybridized carbons (Fsp3) is 0.250. The number of ether oxygens (including phenoxy) is 1. The molecule has 0 aromatic carbocycles. The Bertz CT molecular complexity index is 319. The summed E-state index contributed by atoms with van der Waals surface area (Å²) in [6.07, 6.45) is 1.21. The number of hydrogen-bond acceptors (Lipinski definition) is 3. The first-order valence-electron chi connectivity index (χ1n) is 3.33. The average Bonchev–Trinajstić information content (AvgIpc) is 2.09. The first-order chi connectivity index (χ1) is 5.77. The Labute approximate surface area is 69.4 Å². The molecule has 1 rings (SSSR count). The molecule has 3 nitrogen and oxygen atoms in total. The Morgan fingerprint density at radius 2 is 2.50 bits per heavy atom. The first-order valence-corrected chi connectivity index (χ1v) is 3.33. The highest BCUT2D eigenvalue weighted by Crippen LogP contribution is 2.15. The molecule has 4 heteroatoms. The molecule has 62 valence electrons. The first kappa shape index (κ1) is 8.47. The second-order valence-electron chi connectivity index (χ2n) is 2.15. The summed E-state index contributed by atoms with van der Waals surface area (Å²) in [5.41, 5.74) is 0.510. The van der Waals surface area contributed by atoms with Crippen molar-refractivity contribution in [1.82, 2.24) is 4.98 Å². The van der Waals surface area contributed by atoms with Gasteiger partial charge in [-0.05, 0) is 0 Å². The molecule has 0 fully saturated rings. The van der Waals surface area contributed by atoms with Crippen LogP contribution >= 0.6 is 0 Å². The normalized spacial score (nSPS) is 9.08. The van der Waals surface area contributed by atoms with Gasteiger partial charge in [-0.15, -0.1) is 0 Å². The lowest BCUT2D eigenvalue weighted by Gasteiger charge is -2.01. The third-order valence-corrected chi connectivity index (χ3v) is 1.36. The zero-order valence-corrected chi connectivity index (χ0v) is 6.54. The van der Waals surface area contributed by atoms with Gasteiger partial charge in [-0.1, -0.05) is 0 Å². The Balaban J connectivity index is 2.98. The predicted molar refractivity (Wildman–Crippen MR) is 40.1 cm³/mol. The molecule has 0 aliphatic rings. The molecule has 0 aliphatic carbocycles. The second kappa shape index (κ2) is 3.67. The summed E-state index contributed by atoms with van der Waals surface area (Å²) in [6.45, 7) is 0. The molecule has 0 unspecified atom stereocenters. The van der Waals surface area contributed by atoms with Crippen LogP contribution in [0.25, 0.3) is 0 Å². The van der Waals surface area contributed by atoms with E-state index in [-0.39, 0.29) is 12.2 Å². The summed E-state index contributed by atoms with van der Waals surface area (Å²) in [5.74, 6) is -0.394. The van der Waals surface area contributed by atoms with Crippen molar-refractivity contribution in [2.24, 2.45) is 0 Å². The maximum Gasteiger partial charge on any atom is 0.183 e. The maximum atomic E-state index is 12.7. The Morgan fingerprint density at radius 1 is 1.75 bits per heavy atom. The van der Waals surface area contributed by atoms with Crippen molar-refractivity contribution in [1.29, 1.82) is 5.26 Å². The van der Waals surface area contributed by atoms with E-state index in [1.807, 2.05) is 6.07 Å². The number of aromatic nitrogens is 1. The van der Waals surface area contributed by atoms with Crippen LogP contribution in [0.2, 0.25) is 0 Å². The van der Waals surface area contributed by atoms with Crippen LogP contribution in [0.1, 0.15) is 5.69 Å². The van der Waals surface area contributed by atoms with E-state index in [4.69, 9.17) is 10.00 Å². The van der Waals surface area contributed by atoms with E-state index >= 15 is 0 Å². The van der Waals surface area contributed by atoms with Gasteiger partial charge in [0, 0.05) is 6.07 Å². The minimum Gasteiger partial charge on any atom is -0.494 e. The lowest BCUT2D eigenvalue weighted by atomic mass is 10.3. The molecule has 0 atom stereocenters. The number of rotatable bonds is 2. The lowest BCUT2D eigenvalue weighted by molar-refractivity contribution is 0.384. The minimum atomic E-state index is -0.515. The summed E-state index contributed by atoms with van der Waals surface area (Å²) >= 11 is 0. The van der Waals surface area contributed by atoms with Gasteiger partial charge in [0.25, 0.3) is 0 Å². The van der Waals surface area contributed by atoms with Crippen LogP contribution in [-0.2, 0) is 6.42 Å². The molecular formula is C8H7FN2O. The van der Waals surface area contributed by atoms with Crippen LogP contribution in [0.5, 0.6) is 5.75 Å². The van der Waals surface area contributed by atoms with Crippen molar-refractivity contribution in [2.75, 3.05) is 7.11 Å². The topological polar surface area (TPSA) is 45.9 Å². The fourth-order valence-corrected chi connectivity index (χ4v) is 0.795. The smallest absolute Gasteiger partial charge is 0.183 e. The Hall–Kier alpha value is -1.63. The van der Waals surface area contributed by atoms with Crippen molar-refractivity contribution in [3.63, 3.8) is 0 Å². The van der Waals surface area contributed by atoms with Crippen molar-refractivity contribution in [2.45, 2.75) is 6.42 Å². The number of nitriles is 1. The number of nitrogens with zero attached hydrogens (tertiary/aromatic N) is 2. The van der Waals surface area contributed by atoms with Crippen LogP contribution < -0.4 is 4.74 Å². The summed E-state index contributed by atoms with van der Waals surface area (Å²) < 4.78 is 17.4. The van der Waals surface area contributed by atoms with Crippen LogP contribution in [0.4, 0.5) is 4.39 Å². The van der Waals surface area contributed by atoms with Gasteiger partial charge >= 0.3 is 0 Å². The molecule has 0 bridgehead atoms. The molecule has 1 heterocycles. The van der Waals surface area contributed by atoms with Crippen molar-refractivity contribution >= 4 is 0 Å². The highest BCUT2D eigenvalue weighted by atomic mass is 19.1. The molecule has 0 N–H and O–H groups in total. The van der Waals surface area contributed by atoms with E-state index in [1.165, 1.54) is 13.2 Å². The molecule has 0 saturated heterocycles. The van der Waals surface area contributed by atoms with E-state index in [1.54, 1.807) is 0 Å². The number of halogens is 1. The number of methoxy groups -OCH3 is 1. The predicted octanol–water partition coefficient (Wildman–Crippen LogP) is 1.30. The Kier molecular flexibility index (Phi) is 2.59. The standard InChI is InChI=1S/C8H7FN2O/c1-12-8-4-6(2-3-10)11-5-7(8)9/h4-5H,2H2,1H3. The number of pyridine rings is 1. The summed E-state index contributed by atoms with van der Waals surface area (Å²) in [6, 6.07) is 3.33. The van der Waals surface area contributed by atoms with Crippen molar-refractivity contribution in [3.8, 4) is 11.8 Å². The van der Waals surface area contributed by atoms with Crippen LogP contribution in [0.3, 0.4) is 0 Å². The van der Waals surface area contributed by atoms with Gasteiger partial charge in [0.1, 0.15) is 0 Å². The highest BCUT2D eigenvalue weighted by molar-refractivity contribution is 5.25. The van der Waals surface area contributed by atoms with Crippen LogP contribution in [0.15, 0.2) is 12.3 Å². The molecule has 12 heavy (non-hydrogen) atoms. The zero-order chi connectivity index (χ0) is 8.97. The zero-order valence-electron chi connectivity index (χ0n) is 6.54. The lowest BCUT2D eigenvalue weighted by Crippen LogP contribution is -1.93. The van der Waals surface area contributed by atoms with E-state index in [0.717, 1.165) is 6.20 Å². The summed E-state index contributed by atoms with van der Waals surface area (Å²) in [7, 11) is 1.37. The van der Waals surface area contributed by atoms with Crippen LogP contribution in [0, 0.1) is 17.1 Å². The van der Waals surface area contributed by atoms with Gasteiger partial charge in [0.2, 0.25) is 0 Å². The summed E-state index contributed by atoms with van der Waals surface area (Å²) in [5, 5.41) is 8.33. The van der Waals surface area contributed by atoms with E-state index in [9.17, 15) is 4.39 Å². The molecule has 1 aromatic rings. The molecule has 1 aromatic heterocycles. The van der Waals surface area contributed by atoms with Gasteiger partial charge in [0.05, 0.1) is 31.5 Å². The molecular weight excluding hydrogens is 159 g/mol. The summed E-state index contributed by atoms with van der Waals surface area (Å²) in [4.78, 5) is 3.70. The quantitative estimate of drug-likeness (QED) is 0.665. The van der Waals surface area contributed by atoms with Gasteiger partial charge < -0.3 is 4.74 Å². The monoisotopic (exact) mass is 166 g/mol. The van der Waals surface area contributed by atoms with Gasteiger partial charge in [-0.3, -0.25) is 4.98 Å². The molecule has 0 amide bonds. The van der Waals surface area contributed by atoms with Crippen molar-refractivity contribution < 1.29 is 9.13 Å². The third kappa shape index (κ3) is 1.70.